The lowest BCUT2D eigenvalue weighted by atomic mass is 9.83. The van der Waals surface area contributed by atoms with Gasteiger partial charge in [0.1, 0.15) is 12.1 Å². The minimum absolute atomic E-state index is 0.0588. The number of nitrogens with zero attached hydrogens (tertiary/aromatic N) is 1. The number of amides is 5. The SMILES string of the molecule is CC(C)(C)[C@H](NC(=O)NC1(CS(=O)(=O)C(C)(C)C)CCCCC1)C(=O)N1CC2[C@@H]([C@H]1C(=O)NC(CC1CC1)C(=O)C(N)=O)C2(C)C. The predicted molar refractivity (Wildman–Crippen MR) is 174 cm³/mol. The molecule has 2 unspecified atom stereocenters. The van der Waals surface area contributed by atoms with Gasteiger partial charge in [0.05, 0.1) is 22.1 Å². The van der Waals surface area contributed by atoms with Gasteiger partial charge in [0.2, 0.25) is 17.6 Å². The fourth-order valence-corrected chi connectivity index (χ4v) is 9.02. The van der Waals surface area contributed by atoms with E-state index in [0.29, 0.717) is 25.8 Å². The van der Waals surface area contributed by atoms with Crippen molar-refractivity contribution in [2.24, 2.45) is 34.3 Å². The van der Waals surface area contributed by atoms with Crippen LogP contribution < -0.4 is 21.7 Å². The first-order valence-electron chi connectivity index (χ1n) is 16.8. The second-order valence-electron chi connectivity index (χ2n) is 17.0. The van der Waals surface area contributed by atoms with Crippen LogP contribution >= 0.6 is 0 Å². The van der Waals surface area contributed by atoms with Crippen molar-refractivity contribution < 1.29 is 32.4 Å². The molecule has 3 aliphatic carbocycles. The molecule has 13 heteroatoms. The van der Waals surface area contributed by atoms with Gasteiger partial charge in [0.15, 0.2) is 9.84 Å². The topological polar surface area (TPSA) is 185 Å². The second kappa shape index (κ2) is 12.4. The molecule has 3 saturated carbocycles. The zero-order chi connectivity index (χ0) is 34.6. The van der Waals surface area contributed by atoms with Crippen molar-refractivity contribution in [1.29, 1.82) is 0 Å². The normalized spacial score (nSPS) is 26.7. The largest absolute Gasteiger partial charge is 0.363 e. The zero-order valence-corrected chi connectivity index (χ0v) is 29.6. The maximum atomic E-state index is 14.3. The van der Waals surface area contributed by atoms with Gasteiger partial charge in [-0.15, -0.1) is 0 Å². The van der Waals surface area contributed by atoms with Crippen molar-refractivity contribution in [2.75, 3.05) is 12.3 Å². The number of carbonyl (C=O) groups excluding carboxylic acids is 5. The third-order valence-electron chi connectivity index (χ3n) is 10.9. The molecule has 260 valence electrons. The lowest BCUT2D eigenvalue weighted by Crippen LogP contribution is -2.64. The average molecular weight is 666 g/mol. The van der Waals surface area contributed by atoms with Crippen LogP contribution in [-0.2, 0) is 29.0 Å². The molecule has 0 bridgehead atoms. The van der Waals surface area contributed by atoms with E-state index in [2.05, 4.69) is 16.0 Å². The van der Waals surface area contributed by atoms with Crippen molar-refractivity contribution >= 4 is 39.4 Å². The number of hydrogen-bond acceptors (Lipinski definition) is 7. The van der Waals surface area contributed by atoms with Gasteiger partial charge >= 0.3 is 6.03 Å². The van der Waals surface area contributed by atoms with Crippen LogP contribution in [0.25, 0.3) is 0 Å². The van der Waals surface area contributed by atoms with Crippen LogP contribution in [0.15, 0.2) is 0 Å². The number of piperidine rings is 1. The van der Waals surface area contributed by atoms with E-state index in [0.717, 1.165) is 32.1 Å². The molecule has 5 N–H and O–H groups in total. The number of primary amides is 1. The monoisotopic (exact) mass is 665 g/mol. The van der Waals surface area contributed by atoms with Crippen LogP contribution in [0, 0.1) is 28.6 Å². The highest BCUT2D eigenvalue weighted by molar-refractivity contribution is 7.92. The molecule has 1 aliphatic heterocycles. The molecule has 12 nitrogen and oxygen atoms in total. The maximum Gasteiger partial charge on any atom is 0.315 e. The Bertz CT molecular complexity index is 1350. The van der Waals surface area contributed by atoms with Crippen molar-refractivity contribution in [3.8, 4) is 0 Å². The summed E-state index contributed by atoms with van der Waals surface area (Å²) < 4.78 is 25.5. The van der Waals surface area contributed by atoms with E-state index < -0.39 is 73.2 Å². The number of sulfone groups is 1. The number of ketones is 1. The number of hydrogen-bond donors (Lipinski definition) is 4. The number of likely N-dealkylation sites (tertiary alicyclic amines) is 1. The first-order chi connectivity index (χ1) is 21.0. The summed E-state index contributed by atoms with van der Waals surface area (Å²) in [7, 11) is -3.56. The summed E-state index contributed by atoms with van der Waals surface area (Å²) in [6.07, 6.45) is 5.70. The highest BCUT2D eigenvalue weighted by Gasteiger charge is 2.70. The number of rotatable bonds is 11. The lowest BCUT2D eigenvalue weighted by molar-refractivity contribution is -0.145. The second-order valence-corrected chi connectivity index (χ2v) is 19.7. The summed E-state index contributed by atoms with van der Waals surface area (Å²) in [6.45, 7) is 14.8. The van der Waals surface area contributed by atoms with E-state index in [1.807, 2.05) is 34.6 Å². The lowest BCUT2D eigenvalue weighted by Gasteiger charge is -2.41. The highest BCUT2D eigenvalue weighted by atomic mass is 32.2. The van der Waals surface area contributed by atoms with E-state index in [4.69, 9.17) is 5.73 Å². The van der Waals surface area contributed by atoms with E-state index in [9.17, 15) is 32.4 Å². The highest BCUT2D eigenvalue weighted by Crippen LogP contribution is 2.65. The van der Waals surface area contributed by atoms with Crippen LogP contribution in [0.2, 0.25) is 0 Å². The van der Waals surface area contributed by atoms with Crippen LogP contribution in [-0.4, -0.2) is 83.6 Å². The number of fused-ring (bicyclic) bond motifs is 1. The van der Waals surface area contributed by atoms with Gasteiger partial charge in [-0.25, -0.2) is 13.2 Å². The Kier molecular flexibility index (Phi) is 9.74. The summed E-state index contributed by atoms with van der Waals surface area (Å²) in [5.41, 5.74) is 3.38. The van der Waals surface area contributed by atoms with Crippen LogP contribution in [0.5, 0.6) is 0 Å². The Morgan fingerprint density at radius 2 is 1.52 bits per heavy atom. The minimum Gasteiger partial charge on any atom is -0.363 e. The van der Waals surface area contributed by atoms with E-state index in [1.54, 1.807) is 20.8 Å². The molecule has 1 saturated heterocycles. The van der Waals surface area contributed by atoms with Crippen molar-refractivity contribution in [2.45, 2.75) is 135 Å². The van der Waals surface area contributed by atoms with Crippen molar-refractivity contribution in [3.05, 3.63) is 0 Å². The molecule has 0 aromatic rings. The number of nitrogens with two attached hydrogens (primary N) is 1. The van der Waals surface area contributed by atoms with E-state index in [1.165, 1.54) is 4.90 Å². The van der Waals surface area contributed by atoms with Gasteiger partial charge in [0, 0.05) is 6.54 Å². The minimum atomic E-state index is -3.56. The first-order valence-corrected chi connectivity index (χ1v) is 18.4. The molecular formula is C33H55N5O7S. The first kappa shape index (κ1) is 36.1. The molecule has 5 atom stereocenters. The van der Waals surface area contributed by atoms with Crippen LogP contribution in [0.3, 0.4) is 0 Å². The van der Waals surface area contributed by atoms with Gasteiger partial charge in [-0.1, -0.05) is 66.7 Å². The summed E-state index contributed by atoms with van der Waals surface area (Å²) in [5.74, 6) is -2.93. The van der Waals surface area contributed by atoms with Crippen LogP contribution in [0.1, 0.15) is 107 Å². The van der Waals surface area contributed by atoms with Gasteiger partial charge in [-0.3, -0.25) is 19.2 Å². The van der Waals surface area contributed by atoms with Crippen molar-refractivity contribution in [3.63, 3.8) is 0 Å². The number of carbonyl (C=O) groups is 5. The fraction of sp³-hybridized carbons (Fsp3) is 0.848. The van der Waals surface area contributed by atoms with E-state index in [-0.39, 0.29) is 28.9 Å². The molecule has 4 fully saturated rings. The molecule has 4 aliphatic rings. The Hall–Kier alpha value is -2.70. The van der Waals surface area contributed by atoms with Gasteiger partial charge in [-0.05, 0) is 68.6 Å². The molecule has 0 radical (unpaired) electrons. The Morgan fingerprint density at radius 3 is 2.02 bits per heavy atom. The summed E-state index contributed by atoms with van der Waals surface area (Å²) >= 11 is 0. The Labute approximate surface area is 274 Å². The molecule has 0 spiro atoms. The zero-order valence-electron chi connectivity index (χ0n) is 28.8. The molecule has 46 heavy (non-hydrogen) atoms. The summed E-state index contributed by atoms with van der Waals surface area (Å²) in [4.78, 5) is 67.8. The average Bonchev–Trinajstić information content (AvgIpc) is 3.76. The van der Waals surface area contributed by atoms with E-state index >= 15 is 0 Å². The summed E-state index contributed by atoms with van der Waals surface area (Å²) in [5, 5.41) is 8.61. The fourth-order valence-electron chi connectivity index (χ4n) is 7.50. The third kappa shape index (κ3) is 7.54. The third-order valence-corrected chi connectivity index (χ3v) is 13.7. The van der Waals surface area contributed by atoms with Gasteiger partial charge in [-0.2, -0.15) is 0 Å². The maximum absolute atomic E-state index is 14.3. The standard InChI is InChI=1S/C33H55N5O7S/c1-30(2,3)25(36-29(43)37-33(14-10-9-11-15-33)18-46(44,45)31(4,5)6)28(42)38-17-20-22(32(20,7)8)23(38)27(41)35-21(16-19-12-13-19)24(39)26(34)40/h19-23,25H,9-18H2,1-8H3,(H2,34,40)(H,35,41)(H2,36,37,43)/t20?,21?,22-,23-,25+/m0/s1. The quantitative estimate of drug-likeness (QED) is 0.244. The van der Waals surface area contributed by atoms with Gasteiger partial charge < -0.3 is 26.6 Å². The smallest absolute Gasteiger partial charge is 0.315 e. The molecule has 0 aromatic heterocycles. The molecule has 4 rings (SSSR count). The Balaban J connectivity index is 1.55. The number of nitrogens with one attached hydrogen (secondary N) is 3. The number of urea groups is 1. The Morgan fingerprint density at radius 1 is 0.935 bits per heavy atom. The number of Topliss-reactive ketones (excluding diaryl/α,β-unsaturated/α-hetero) is 1. The summed E-state index contributed by atoms with van der Waals surface area (Å²) in [6, 6.07) is -3.58. The van der Waals surface area contributed by atoms with Crippen molar-refractivity contribution in [1.82, 2.24) is 20.9 Å². The molecular weight excluding hydrogens is 610 g/mol. The van der Waals surface area contributed by atoms with Gasteiger partial charge in [0.25, 0.3) is 5.91 Å². The van der Waals surface area contributed by atoms with Crippen LogP contribution in [0.4, 0.5) is 4.79 Å². The predicted octanol–water partition coefficient (Wildman–Crippen LogP) is 2.44. The molecule has 5 amide bonds. The molecule has 0 aromatic carbocycles. The molecule has 1 heterocycles.